The fraction of sp³-hybridized carbons (Fsp3) is 0.524. The summed E-state index contributed by atoms with van der Waals surface area (Å²) in [5.41, 5.74) is 0.0436. The molecule has 5 rings (SSSR count). The topological polar surface area (TPSA) is 84.3 Å². The van der Waals surface area contributed by atoms with Crippen LogP contribution in [0.1, 0.15) is 58.9 Å². The lowest BCUT2D eigenvalue weighted by molar-refractivity contribution is 0.253. The second-order valence-corrected chi connectivity index (χ2v) is 9.25. The first kappa shape index (κ1) is 18.8. The van der Waals surface area contributed by atoms with Crippen LogP contribution >= 0.6 is 11.3 Å². The number of aromatic amines is 1. The van der Waals surface area contributed by atoms with E-state index in [4.69, 9.17) is 4.74 Å². The number of halogens is 1. The van der Waals surface area contributed by atoms with Gasteiger partial charge in [-0.05, 0) is 49.8 Å². The predicted octanol–water partition coefficient (Wildman–Crippen LogP) is 1.02. The second-order valence-electron chi connectivity index (χ2n) is 8.08. The van der Waals surface area contributed by atoms with Crippen molar-refractivity contribution in [3.8, 4) is 0 Å². The van der Waals surface area contributed by atoms with Crippen molar-refractivity contribution in [1.82, 2.24) is 9.55 Å². The van der Waals surface area contributed by atoms with Crippen molar-refractivity contribution in [2.45, 2.75) is 56.2 Å². The molecule has 3 aliphatic rings. The third kappa shape index (κ3) is 2.92. The van der Waals surface area contributed by atoms with E-state index in [0.717, 1.165) is 42.5 Å². The largest absolute Gasteiger partial charge is 0.498 e. The van der Waals surface area contributed by atoms with Crippen molar-refractivity contribution in [1.29, 1.82) is 0 Å². The Morgan fingerprint density at radius 3 is 2.83 bits per heavy atom. The number of alkyl halides is 1. The number of rotatable bonds is 4. The molecule has 2 heterocycles. The monoisotopic (exact) mass is 418 g/mol. The summed E-state index contributed by atoms with van der Waals surface area (Å²) in [5, 5.41) is 10.3. The lowest BCUT2D eigenvalue weighted by Crippen LogP contribution is -2.57. The van der Waals surface area contributed by atoms with Crippen molar-refractivity contribution in [2.75, 3.05) is 13.7 Å². The fourth-order valence-corrected chi connectivity index (χ4v) is 6.14. The molecule has 2 aromatic heterocycles. The van der Waals surface area contributed by atoms with Crippen LogP contribution in [0.3, 0.4) is 0 Å². The highest BCUT2D eigenvalue weighted by Crippen LogP contribution is 2.43. The van der Waals surface area contributed by atoms with Crippen LogP contribution in [0.5, 0.6) is 0 Å². The molecule has 0 aromatic carbocycles. The van der Waals surface area contributed by atoms with Crippen molar-refractivity contribution in [3.63, 3.8) is 0 Å². The van der Waals surface area contributed by atoms with Gasteiger partial charge >= 0.3 is 5.69 Å². The molecule has 0 saturated heterocycles. The molecule has 0 aliphatic heterocycles. The first-order chi connectivity index (χ1) is 14.0. The van der Waals surface area contributed by atoms with Crippen LogP contribution in [0.2, 0.25) is 0 Å². The normalized spacial score (nSPS) is 25.9. The van der Waals surface area contributed by atoms with Crippen molar-refractivity contribution in [2.24, 2.45) is 0 Å². The van der Waals surface area contributed by atoms with Gasteiger partial charge in [0.1, 0.15) is 11.9 Å². The summed E-state index contributed by atoms with van der Waals surface area (Å²) in [4.78, 5) is 29.3. The number of thiophene rings is 1. The highest BCUT2D eigenvalue weighted by Gasteiger charge is 2.37. The Morgan fingerprint density at radius 2 is 2.14 bits per heavy atom. The van der Waals surface area contributed by atoms with Gasteiger partial charge in [0.2, 0.25) is 0 Å². The highest BCUT2D eigenvalue weighted by molar-refractivity contribution is 7.12. The van der Waals surface area contributed by atoms with E-state index < -0.39 is 23.3 Å². The minimum absolute atomic E-state index is 0.0128. The molecule has 2 aromatic rings. The Morgan fingerprint density at radius 1 is 1.34 bits per heavy atom. The first-order valence-electron chi connectivity index (χ1n) is 10.1. The van der Waals surface area contributed by atoms with Crippen molar-refractivity contribution < 1.29 is 14.2 Å². The average Bonchev–Trinajstić information content (AvgIpc) is 3.44. The first-order valence-corrected chi connectivity index (χ1v) is 10.9. The molecule has 1 saturated carbocycles. The highest BCUT2D eigenvalue weighted by atomic mass is 32.1. The van der Waals surface area contributed by atoms with Gasteiger partial charge in [-0.3, -0.25) is 14.3 Å². The van der Waals surface area contributed by atoms with Crippen LogP contribution in [0, 0.1) is 0 Å². The third-order valence-electron chi connectivity index (χ3n) is 6.26. The maximum atomic E-state index is 15.4. The van der Waals surface area contributed by atoms with Gasteiger partial charge < -0.3 is 9.84 Å². The van der Waals surface area contributed by atoms with E-state index in [9.17, 15) is 14.7 Å². The van der Waals surface area contributed by atoms with E-state index >= 15 is 4.39 Å². The molecule has 154 valence electrons. The number of aliphatic hydroxyl groups is 1. The number of hydrogen-bond acceptors (Lipinski definition) is 5. The number of aromatic nitrogens is 2. The van der Waals surface area contributed by atoms with E-state index in [2.05, 4.69) is 4.98 Å². The molecule has 1 fully saturated rings. The number of nitrogens with one attached hydrogen (secondary N) is 1. The molecule has 29 heavy (non-hydrogen) atoms. The maximum Gasteiger partial charge on any atom is 0.329 e. The lowest BCUT2D eigenvalue weighted by atomic mass is 9.86. The molecular formula is C21H23FN2O4S. The summed E-state index contributed by atoms with van der Waals surface area (Å²) >= 11 is 1.55. The minimum atomic E-state index is -1.43. The van der Waals surface area contributed by atoms with Gasteiger partial charge in [0.05, 0.1) is 23.6 Å². The zero-order valence-electron chi connectivity index (χ0n) is 16.1. The van der Waals surface area contributed by atoms with Crippen LogP contribution in [-0.2, 0) is 11.2 Å². The van der Waals surface area contributed by atoms with E-state index in [1.165, 1.54) is 18.1 Å². The van der Waals surface area contributed by atoms with Gasteiger partial charge in [0.15, 0.2) is 0 Å². The molecule has 0 bridgehead atoms. The summed E-state index contributed by atoms with van der Waals surface area (Å²) in [5.74, 6) is -0.280. The van der Waals surface area contributed by atoms with Gasteiger partial charge in [0, 0.05) is 28.3 Å². The summed E-state index contributed by atoms with van der Waals surface area (Å²) < 4.78 is 22.6. The van der Waals surface area contributed by atoms with Crippen LogP contribution in [0.15, 0.2) is 15.7 Å². The number of fused-ring (bicyclic) bond motifs is 2. The zero-order chi connectivity index (χ0) is 20.3. The third-order valence-corrected chi connectivity index (χ3v) is 7.55. The molecule has 3 aliphatic carbocycles. The Balaban J connectivity index is 1.76. The smallest absolute Gasteiger partial charge is 0.329 e. The molecule has 3 atom stereocenters. The van der Waals surface area contributed by atoms with Gasteiger partial charge in [-0.1, -0.05) is 0 Å². The van der Waals surface area contributed by atoms with Gasteiger partial charge in [-0.25, -0.2) is 9.18 Å². The van der Waals surface area contributed by atoms with Gasteiger partial charge in [-0.2, -0.15) is 0 Å². The molecule has 3 unspecified atom stereocenters. The summed E-state index contributed by atoms with van der Waals surface area (Å²) in [7, 11) is 1.47. The molecule has 0 spiro atoms. The van der Waals surface area contributed by atoms with Crippen molar-refractivity contribution >= 4 is 23.2 Å². The van der Waals surface area contributed by atoms with Gasteiger partial charge in [0.25, 0.3) is 5.56 Å². The SMILES string of the molecule is COC1=c2c(c(=O)[nH]c(=O)n2C2CC2)=CC(F)C1c1cc2c(s1)CCCC2CO. The molecule has 0 amide bonds. The Hall–Kier alpha value is -2.19. The molecule has 6 nitrogen and oxygen atoms in total. The summed E-state index contributed by atoms with van der Waals surface area (Å²) in [6.45, 7) is 0.0826. The Bertz CT molecular complexity index is 1210. The van der Waals surface area contributed by atoms with Gasteiger partial charge in [-0.15, -0.1) is 11.3 Å². The van der Waals surface area contributed by atoms with E-state index in [1.807, 2.05) is 6.07 Å². The number of aryl methyl sites for hydroxylation is 1. The standard InChI is InChI=1S/C21H23FN2O4S/c1-28-19-17(16-8-12-10(9-25)3-2-4-15(12)29-16)14(22)7-13-18(19)24(11-5-6-11)21(27)23-20(13)26/h7-8,10-11,14,17,25H,2-6,9H2,1H3,(H,23,26,27). The Labute approximate surface area is 170 Å². The average molecular weight is 418 g/mol. The fourth-order valence-electron chi connectivity index (χ4n) is 4.72. The van der Waals surface area contributed by atoms with E-state index in [0.29, 0.717) is 11.1 Å². The molecule has 0 radical (unpaired) electrons. The zero-order valence-corrected chi connectivity index (χ0v) is 16.9. The lowest BCUT2D eigenvalue weighted by Gasteiger charge is -2.24. The number of aliphatic hydroxyl groups excluding tert-OH is 1. The number of ether oxygens (including phenoxy) is 1. The second kappa shape index (κ2) is 6.95. The van der Waals surface area contributed by atoms with Crippen molar-refractivity contribution in [3.05, 3.63) is 52.8 Å². The molecule has 2 N–H and O–H groups in total. The number of hydrogen-bond donors (Lipinski definition) is 2. The minimum Gasteiger partial charge on any atom is -0.498 e. The van der Waals surface area contributed by atoms with E-state index in [-0.39, 0.29) is 23.8 Å². The van der Waals surface area contributed by atoms with E-state index in [1.54, 1.807) is 15.9 Å². The number of methoxy groups -OCH3 is 1. The molecular weight excluding hydrogens is 395 g/mol. The number of H-pyrrole nitrogens is 1. The Kier molecular flexibility index (Phi) is 4.51. The predicted molar refractivity (Wildman–Crippen MR) is 108 cm³/mol. The number of nitrogens with zero attached hydrogens (tertiary/aromatic N) is 1. The summed E-state index contributed by atoms with van der Waals surface area (Å²) in [6, 6.07) is 2.00. The van der Waals surface area contributed by atoms with Crippen LogP contribution in [-0.4, -0.2) is 34.5 Å². The summed E-state index contributed by atoms with van der Waals surface area (Å²) in [6.07, 6.45) is 4.45. The maximum absolute atomic E-state index is 15.4. The molecule has 8 heteroatoms. The van der Waals surface area contributed by atoms with Crippen LogP contribution in [0.4, 0.5) is 4.39 Å². The van der Waals surface area contributed by atoms with Crippen LogP contribution < -0.4 is 21.8 Å². The van der Waals surface area contributed by atoms with Crippen LogP contribution in [0.25, 0.3) is 11.8 Å². The quantitative estimate of drug-likeness (QED) is 0.777.